The fourth-order valence-corrected chi connectivity index (χ4v) is 1.92. The molecular formula is C12H14N6. The average molecular weight is 242 g/mol. The number of hydrogen-bond acceptors (Lipinski definition) is 4. The summed E-state index contributed by atoms with van der Waals surface area (Å²) in [4.78, 5) is 8.69. The van der Waals surface area contributed by atoms with E-state index in [4.69, 9.17) is 0 Å². The van der Waals surface area contributed by atoms with Crippen LogP contribution in [0.15, 0.2) is 24.8 Å². The Balaban J connectivity index is 1.89. The molecule has 0 aromatic carbocycles. The van der Waals surface area contributed by atoms with Gasteiger partial charge in [-0.1, -0.05) is 0 Å². The molecule has 0 saturated carbocycles. The van der Waals surface area contributed by atoms with Crippen LogP contribution in [0.4, 0.5) is 5.82 Å². The third kappa shape index (κ3) is 1.71. The summed E-state index contributed by atoms with van der Waals surface area (Å²) in [5.41, 5.74) is 4.15. The second-order valence-corrected chi connectivity index (χ2v) is 4.26. The largest absolute Gasteiger partial charge is 0.364 e. The maximum Gasteiger partial charge on any atom is 0.154 e. The second kappa shape index (κ2) is 4.14. The Morgan fingerprint density at radius 2 is 2.28 bits per heavy atom. The van der Waals surface area contributed by atoms with Crippen LogP contribution >= 0.6 is 0 Å². The SMILES string of the molecule is Cc1[nH]ncc1CNc1nccc2c1ncn2C. The summed E-state index contributed by atoms with van der Waals surface area (Å²) in [5.74, 6) is 0.800. The number of nitrogens with zero attached hydrogens (tertiary/aromatic N) is 4. The van der Waals surface area contributed by atoms with Crippen LogP contribution in [0.1, 0.15) is 11.3 Å². The molecule has 0 unspecified atom stereocenters. The quantitative estimate of drug-likeness (QED) is 0.732. The van der Waals surface area contributed by atoms with E-state index in [-0.39, 0.29) is 0 Å². The van der Waals surface area contributed by atoms with Gasteiger partial charge >= 0.3 is 0 Å². The van der Waals surface area contributed by atoms with Crippen molar-refractivity contribution in [2.45, 2.75) is 13.5 Å². The van der Waals surface area contributed by atoms with Crippen molar-refractivity contribution >= 4 is 16.9 Å². The van der Waals surface area contributed by atoms with Gasteiger partial charge < -0.3 is 9.88 Å². The maximum absolute atomic E-state index is 4.36. The molecule has 0 aliphatic carbocycles. The summed E-state index contributed by atoms with van der Waals surface area (Å²) in [6, 6.07) is 1.95. The van der Waals surface area contributed by atoms with Crippen molar-refractivity contribution in [3.63, 3.8) is 0 Å². The van der Waals surface area contributed by atoms with Crippen molar-refractivity contribution < 1.29 is 0 Å². The molecule has 0 saturated heterocycles. The van der Waals surface area contributed by atoms with Crippen LogP contribution in [0.3, 0.4) is 0 Å². The van der Waals surface area contributed by atoms with Gasteiger partial charge in [-0.25, -0.2) is 9.97 Å². The Morgan fingerprint density at radius 1 is 1.39 bits per heavy atom. The van der Waals surface area contributed by atoms with Crippen LogP contribution in [0.5, 0.6) is 0 Å². The topological polar surface area (TPSA) is 71.4 Å². The van der Waals surface area contributed by atoms with Gasteiger partial charge in [0.2, 0.25) is 0 Å². The van der Waals surface area contributed by atoms with E-state index in [0.717, 1.165) is 28.1 Å². The van der Waals surface area contributed by atoms with Gasteiger partial charge in [-0.15, -0.1) is 0 Å². The number of imidazole rings is 1. The third-order valence-electron chi connectivity index (χ3n) is 3.02. The Morgan fingerprint density at radius 3 is 3.06 bits per heavy atom. The predicted molar refractivity (Wildman–Crippen MR) is 69.2 cm³/mol. The van der Waals surface area contributed by atoms with Crippen LogP contribution in [0.25, 0.3) is 11.0 Å². The van der Waals surface area contributed by atoms with E-state index in [9.17, 15) is 0 Å². The normalized spacial score (nSPS) is 11.0. The lowest BCUT2D eigenvalue weighted by Crippen LogP contribution is -2.02. The molecule has 0 aliphatic heterocycles. The number of fused-ring (bicyclic) bond motifs is 1. The minimum Gasteiger partial charge on any atom is -0.364 e. The first-order valence-electron chi connectivity index (χ1n) is 5.74. The molecule has 0 bridgehead atoms. The monoisotopic (exact) mass is 242 g/mol. The number of nitrogens with one attached hydrogen (secondary N) is 2. The molecule has 6 heteroatoms. The van der Waals surface area contributed by atoms with Crippen LogP contribution in [-0.2, 0) is 13.6 Å². The third-order valence-corrected chi connectivity index (χ3v) is 3.02. The highest BCUT2D eigenvalue weighted by Crippen LogP contribution is 2.19. The molecule has 0 aliphatic rings. The molecule has 18 heavy (non-hydrogen) atoms. The summed E-state index contributed by atoms with van der Waals surface area (Å²) in [7, 11) is 1.97. The number of H-pyrrole nitrogens is 1. The number of rotatable bonds is 3. The first-order chi connectivity index (χ1) is 8.75. The molecule has 0 amide bonds. The molecule has 0 spiro atoms. The zero-order valence-corrected chi connectivity index (χ0v) is 10.3. The van der Waals surface area contributed by atoms with Gasteiger partial charge in [0.15, 0.2) is 5.82 Å². The number of pyridine rings is 1. The lowest BCUT2D eigenvalue weighted by Gasteiger charge is -2.05. The Labute approximate surface area is 104 Å². The molecule has 3 rings (SSSR count). The van der Waals surface area contributed by atoms with Crippen molar-refractivity contribution in [2.75, 3.05) is 5.32 Å². The zero-order valence-electron chi connectivity index (χ0n) is 10.3. The van der Waals surface area contributed by atoms with E-state index in [1.807, 2.05) is 30.8 Å². The lowest BCUT2D eigenvalue weighted by atomic mass is 10.2. The van der Waals surface area contributed by atoms with E-state index in [0.29, 0.717) is 6.54 Å². The summed E-state index contributed by atoms with van der Waals surface area (Å²) >= 11 is 0. The minimum atomic E-state index is 0.686. The van der Waals surface area contributed by atoms with Crippen molar-refractivity contribution in [1.82, 2.24) is 24.7 Å². The van der Waals surface area contributed by atoms with E-state index in [2.05, 4.69) is 25.5 Å². The Hall–Kier alpha value is -2.37. The smallest absolute Gasteiger partial charge is 0.154 e. The lowest BCUT2D eigenvalue weighted by molar-refractivity contribution is 0.947. The van der Waals surface area contributed by atoms with Gasteiger partial charge in [-0.3, -0.25) is 5.10 Å². The summed E-state index contributed by atoms with van der Waals surface area (Å²) in [6.07, 6.45) is 5.40. The van der Waals surface area contributed by atoms with Crippen LogP contribution < -0.4 is 5.32 Å². The van der Waals surface area contributed by atoms with Crippen LogP contribution in [0.2, 0.25) is 0 Å². The second-order valence-electron chi connectivity index (χ2n) is 4.26. The minimum absolute atomic E-state index is 0.686. The van der Waals surface area contributed by atoms with E-state index >= 15 is 0 Å². The fourth-order valence-electron chi connectivity index (χ4n) is 1.92. The maximum atomic E-state index is 4.36. The zero-order chi connectivity index (χ0) is 12.5. The summed E-state index contributed by atoms with van der Waals surface area (Å²) in [6.45, 7) is 2.68. The first kappa shape index (κ1) is 10.8. The summed E-state index contributed by atoms with van der Waals surface area (Å²) < 4.78 is 1.98. The number of aromatic nitrogens is 5. The van der Waals surface area contributed by atoms with Crippen molar-refractivity contribution in [3.8, 4) is 0 Å². The molecule has 2 N–H and O–H groups in total. The van der Waals surface area contributed by atoms with Gasteiger partial charge in [0.05, 0.1) is 18.0 Å². The van der Waals surface area contributed by atoms with Crippen LogP contribution in [0, 0.1) is 6.92 Å². The Kier molecular flexibility index (Phi) is 2.47. The van der Waals surface area contributed by atoms with Gasteiger partial charge in [-0.05, 0) is 13.0 Å². The number of aromatic amines is 1. The van der Waals surface area contributed by atoms with E-state index in [1.54, 1.807) is 12.5 Å². The predicted octanol–water partition coefficient (Wildman–Crippen LogP) is 1.61. The molecule has 0 fully saturated rings. The molecule has 6 nitrogen and oxygen atoms in total. The highest BCUT2D eigenvalue weighted by molar-refractivity contribution is 5.85. The molecular weight excluding hydrogens is 228 g/mol. The van der Waals surface area contributed by atoms with E-state index in [1.165, 1.54) is 0 Å². The van der Waals surface area contributed by atoms with E-state index < -0.39 is 0 Å². The van der Waals surface area contributed by atoms with Crippen molar-refractivity contribution in [2.24, 2.45) is 7.05 Å². The molecule has 3 aromatic heterocycles. The molecule has 0 atom stereocenters. The molecule has 0 radical (unpaired) electrons. The first-order valence-corrected chi connectivity index (χ1v) is 5.74. The van der Waals surface area contributed by atoms with Crippen molar-refractivity contribution in [1.29, 1.82) is 0 Å². The number of hydrogen-bond donors (Lipinski definition) is 2. The molecule has 92 valence electrons. The van der Waals surface area contributed by atoms with Gasteiger partial charge in [-0.2, -0.15) is 5.10 Å². The standard InChI is InChI=1S/C12H14N6/c1-8-9(6-16-17-8)5-14-12-11-10(3-4-13-12)18(2)7-15-11/h3-4,6-7H,5H2,1-2H3,(H,13,14)(H,16,17). The highest BCUT2D eigenvalue weighted by Gasteiger charge is 2.07. The Bertz CT molecular complexity index is 681. The number of anilines is 1. The molecule has 3 aromatic rings. The van der Waals surface area contributed by atoms with Crippen molar-refractivity contribution in [3.05, 3.63) is 36.0 Å². The van der Waals surface area contributed by atoms with Gasteiger partial charge in [0.1, 0.15) is 5.52 Å². The van der Waals surface area contributed by atoms with Gasteiger partial charge in [0, 0.05) is 31.0 Å². The highest BCUT2D eigenvalue weighted by atomic mass is 15.1. The van der Waals surface area contributed by atoms with Crippen LogP contribution in [-0.4, -0.2) is 24.7 Å². The average Bonchev–Trinajstić information content (AvgIpc) is 2.95. The summed E-state index contributed by atoms with van der Waals surface area (Å²) in [5, 5.41) is 10.2. The number of aryl methyl sites for hydroxylation is 2. The molecule has 3 heterocycles. The fraction of sp³-hybridized carbons (Fsp3) is 0.250. The van der Waals surface area contributed by atoms with Gasteiger partial charge in [0.25, 0.3) is 0 Å².